The molecule has 0 saturated carbocycles. The third-order valence-corrected chi connectivity index (χ3v) is 2.82. The molecule has 4 nitrogen and oxygen atoms in total. The highest BCUT2D eigenvalue weighted by Crippen LogP contribution is 2.20. The highest BCUT2D eigenvalue weighted by Gasteiger charge is 2.11. The van der Waals surface area contributed by atoms with Crippen LogP contribution >= 0.6 is 11.6 Å². The molecule has 6 heteroatoms. The fourth-order valence-electron chi connectivity index (χ4n) is 1.57. The number of benzene rings is 1. The molecule has 1 amide bonds. The number of carbonyl (C=O) groups is 1. The molecule has 0 aliphatic carbocycles. The van der Waals surface area contributed by atoms with Crippen LogP contribution < -0.4 is 10.6 Å². The highest BCUT2D eigenvalue weighted by molar-refractivity contribution is 6.30. The summed E-state index contributed by atoms with van der Waals surface area (Å²) in [6, 6.07) is 5.75. The summed E-state index contributed by atoms with van der Waals surface area (Å²) in [5, 5.41) is 5.48. The van der Waals surface area contributed by atoms with Crippen LogP contribution in [0.2, 0.25) is 5.02 Å². The SMILES string of the molecule is CNc1ccncc1C(=O)Nc1ccc(Cl)c(F)c1. The van der Waals surface area contributed by atoms with Crippen LogP contribution in [-0.2, 0) is 0 Å². The molecule has 0 fully saturated rings. The number of nitrogens with one attached hydrogen (secondary N) is 2. The second-order valence-electron chi connectivity index (χ2n) is 3.75. The van der Waals surface area contributed by atoms with Crippen molar-refractivity contribution in [1.29, 1.82) is 0 Å². The zero-order valence-electron chi connectivity index (χ0n) is 10.1. The standard InChI is InChI=1S/C13H11ClFN3O/c1-16-12-4-5-17-7-9(12)13(19)18-8-2-3-10(14)11(15)6-8/h2-7H,1H3,(H,16,17)(H,18,19). The van der Waals surface area contributed by atoms with Crippen molar-refractivity contribution in [3.63, 3.8) is 0 Å². The first-order valence-corrected chi connectivity index (χ1v) is 5.88. The lowest BCUT2D eigenvalue weighted by molar-refractivity contribution is 0.102. The van der Waals surface area contributed by atoms with Crippen molar-refractivity contribution >= 4 is 28.9 Å². The number of anilines is 2. The Morgan fingerprint density at radius 2 is 2.16 bits per heavy atom. The molecule has 0 atom stereocenters. The topological polar surface area (TPSA) is 54.0 Å². The van der Waals surface area contributed by atoms with Gasteiger partial charge in [0.05, 0.1) is 10.6 Å². The Bertz CT molecular complexity index is 619. The number of carbonyl (C=O) groups excluding carboxylic acids is 1. The molecule has 0 saturated heterocycles. The largest absolute Gasteiger partial charge is 0.387 e. The van der Waals surface area contributed by atoms with Crippen molar-refractivity contribution in [2.24, 2.45) is 0 Å². The monoisotopic (exact) mass is 279 g/mol. The molecule has 2 N–H and O–H groups in total. The van der Waals surface area contributed by atoms with Gasteiger partial charge in [0.25, 0.3) is 5.91 Å². The first kappa shape index (κ1) is 13.3. The smallest absolute Gasteiger partial charge is 0.259 e. The molecule has 0 aliphatic rings. The van der Waals surface area contributed by atoms with E-state index in [0.29, 0.717) is 16.9 Å². The van der Waals surface area contributed by atoms with Gasteiger partial charge in [0.15, 0.2) is 0 Å². The highest BCUT2D eigenvalue weighted by atomic mass is 35.5. The van der Waals surface area contributed by atoms with E-state index in [9.17, 15) is 9.18 Å². The van der Waals surface area contributed by atoms with Crippen molar-refractivity contribution in [2.75, 3.05) is 17.7 Å². The van der Waals surface area contributed by atoms with Crippen LogP contribution in [0.15, 0.2) is 36.7 Å². The predicted molar refractivity (Wildman–Crippen MR) is 73.1 cm³/mol. The van der Waals surface area contributed by atoms with Gasteiger partial charge in [0.1, 0.15) is 5.82 Å². The lowest BCUT2D eigenvalue weighted by atomic mass is 10.2. The fourth-order valence-corrected chi connectivity index (χ4v) is 1.68. The lowest BCUT2D eigenvalue weighted by Crippen LogP contribution is -2.14. The van der Waals surface area contributed by atoms with Gasteiger partial charge in [-0.15, -0.1) is 0 Å². The molecule has 1 aromatic carbocycles. The van der Waals surface area contributed by atoms with Crippen molar-refractivity contribution in [3.05, 3.63) is 53.1 Å². The number of nitrogens with zero attached hydrogens (tertiary/aromatic N) is 1. The minimum Gasteiger partial charge on any atom is -0.387 e. The maximum absolute atomic E-state index is 13.3. The van der Waals surface area contributed by atoms with Crippen molar-refractivity contribution in [1.82, 2.24) is 4.98 Å². The summed E-state index contributed by atoms with van der Waals surface area (Å²) in [6.07, 6.45) is 3.01. The summed E-state index contributed by atoms with van der Waals surface area (Å²) in [5.74, 6) is -0.960. The molecular formula is C13H11ClFN3O. The van der Waals surface area contributed by atoms with Gasteiger partial charge in [0, 0.05) is 30.8 Å². The predicted octanol–water partition coefficient (Wildman–Crippen LogP) is 3.17. The molecule has 2 aromatic rings. The second kappa shape index (κ2) is 5.67. The zero-order valence-corrected chi connectivity index (χ0v) is 10.8. The Kier molecular flexibility index (Phi) is 3.97. The van der Waals surface area contributed by atoms with Gasteiger partial charge in [0.2, 0.25) is 0 Å². The van der Waals surface area contributed by atoms with Crippen molar-refractivity contribution in [2.45, 2.75) is 0 Å². The maximum Gasteiger partial charge on any atom is 0.259 e. The number of amides is 1. The van der Waals surface area contributed by atoms with Gasteiger partial charge in [-0.1, -0.05) is 11.6 Å². The van der Waals surface area contributed by atoms with E-state index in [1.54, 1.807) is 19.3 Å². The van der Waals surface area contributed by atoms with E-state index in [2.05, 4.69) is 15.6 Å². The molecule has 2 rings (SSSR count). The van der Waals surface area contributed by atoms with Crippen LogP contribution in [0.25, 0.3) is 0 Å². The number of hydrogen-bond acceptors (Lipinski definition) is 3. The van der Waals surface area contributed by atoms with Crippen LogP contribution in [-0.4, -0.2) is 17.9 Å². The Balaban J connectivity index is 2.23. The van der Waals surface area contributed by atoms with Crippen LogP contribution in [0.1, 0.15) is 10.4 Å². The summed E-state index contributed by atoms with van der Waals surface area (Å²) in [6.45, 7) is 0. The average Bonchev–Trinajstić information content (AvgIpc) is 2.43. The van der Waals surface area contributed by atoms with Gasteiger partial charge >= 0.3 is 0 Å². The molecule has 1 heterocycles. The first-order chi connectivity index (χ1) is 9.11. The normalized spacial score (nSPS) is 10.1. The Labute approximate surface area is 114 Å². The molecule has 0 radical (unpaired) electrons. The van der Waals surface area contributed by atoms with Crippen molar-refractivity contribution < 1.29 is 9.18 Å². The lowest BCUT2D eigenvalue weighted by Gasteiger charge is -2.09. The zero-order chi connectivity index (χ0) is 13.8. The summed E-state index contributed by atoms with van der Waals surface area (Å²) in [7, 11) is 1.70. The minimum absolute atomic E-state index is 0.00953. The van der Waals surface area contributed by atoms with Crippen molar-refractivity contribution in [3.8, 4) is 0 Å². The summed E-state index contributed by atoms with van der Waals surface area (Å²) < 4.78 is 13.3. The first-order valence-electron chi connectivity index (χ1n) is 5.50. The van der Waals surface area contributed by atoms with E-state index in [1.807, 2.05) is 0 Å². The van der Waals surface area contributed by atoms with E-state index in [0.717, 1.165) is 6.07 Å². The number of aromatic nitrogens is 1. The summed E-state index contributed by atoms with van der Waals surface area (Å²) in [5.41, 5.74) is 1.35. The Morgan fingerprint density at radius 3 is 2.84 bits per heavy atom. The summed E-state index contributed by atoms with van der Waals surface area (Å²) in [4.78, 5) is 15.9. The van der Waals surface area contributed by atoms with Crippen LogP contribution in [0, 0.1) is 5.82 Å². The number of rotatable bonds is 3. The van der Waals surface area contributed by atoms with Gasteiger partial charge in [-0.05, 0) is 24.3 Å². The number of pyridine rings is 1. The molecule has 0 unspecified atom stereocenters. The minimum atomic E-state index is -0.584. The molecule has 0 aliphatic heterocycles. The van der Waals surface area contributed by atoms with Crippen LogP contribution in [0.3, 0.4) is 0 Å². The van der Waals surface area contributed by atoms with E-state index >= 15 is 0 Å². The number of halogens is 2. The Hall–Kier alpha value is -2.14. The van der Waals surface area contributed by atoms with E-state index in [4.69, 9.17) is 11.6 Å². The van der Waals surface area contributed by atoms with Gasteiger partial charge in [-0.3, -0.25) is 9.78 Å². The fraction of sp³-hybridized carbons (Fsp3) is 0.0769. The quantitative estimate of drug-likeness (QED) is 0.907. The van der Waals surface area contributed by atoms with Gasteiger partial charge in [-0.25, -0.2) is 4.39 Å². The third kappa shape index (κ3) is 3.00. The maximum atomic E-state index is 13.3. The van der Waals surface area contributed by atoms with E-state index in [1.165, 1.54) is 18.3 Å². The molecular weight excluding hydrogens is 269 g/mol. The number of hydrogen-bond donors (Lipinski definition) is 2. The van der Waals surface area contributed by atoms with Crippen LogP contribution in [0.5, 0.6) is 0 Å². The van der Waals surface area contributed by atoms with E-state index in [-0.39, 0.29) is 10.9 Å². The third-order valence-electron chi connectivity index (χ3n) is 2.51. The van der Waals surface area contributed by atoms with Gasteiger partial charge in [-0.2, -0.15) is 0 Å². The average molecular weight is 280 g/mol. The molecule has 98 valence electrons. The van der Waals surface area contributed by atoms with Gasteiger partial charge < -0.3 is 10.6 Å². The summed E-state index contributed by atoms with van der Waals surface area (Å²) >= 11 is 5.57. The Morgan fingerprint density at radius 1 is 1.37 bits per heavy atom. The molecule has 1 aromatic heterocycles. The molecule has 0 spiro atoms. The van der Waals surface area contributed by atoms with E-state index < -0.39 is 5.82 Å². The molecule has 0 bridgehead atoms. The second-order valence-corrected chi connectivity index (χ2v) is 4.16. The van der Waals surface area contributed by atoms with Crippen LogP contribution in [0.4, 0.5) is 15.8 Å². The molecule has 19 heavy (non-hydrogen) atoms.